The summed E-state index contributed by atoms with van der Waals surface area (Å²) in [4.78, 5) is 14.1. The molecule has 0 radical (unpaired) electrons. The van der Waals surface area contributed by atoms with Crippen molar-refractivity contribution in [3.05, 3.63) is 35.9 Å². The Labute approximate surface area is 115 Å². The lowest BCUT2D eigenvalue weighted by molar-refractivity contribution is -0.132. The first-order valence-corrected chi connectivity index (χ1v) is 7.25. The van der Waals surface area contributed by atoms with Gasteiger partial charge in [-0.25, -0.2) is 0 Å². The minimum atomic E-state index is -0.0335. The third-order valence-electron chi connectivity index (χ3n) is 4.03. The number of likely N-dealkylation sites (tertiary alicyclic amines) is 1. The Morgan fingerprint density at radius 3 is 2.58 bits per heavy atom. The molecule has 1 aromatic carbocycles. The quantitative estimate of drug-likeness (QED) is 0.904. The first-order valence-electron chi connectivity index (χ1n) is 7.25. The molecule has 0 aliphatic carbocycles. The molecule has 1 unspecified atom stereocenters. The van der Waals surface area contributed by atoms with E-state index >= 15 is 0 Å². The first kappa shape index (κ1) is 14.1. The van der Waals surface area contributed by atoms with Gasteiger partial charge in [0, 0.05) is 25.6 Å². The smallest absolute Gasteiger partial charge is 0.222 e. The molecule has 104 valence electrons. The van der Waals surface area contributed by atoms with E-state index in [1.807, 2.05) is 35.2 Å². The molecule has 1 aliphatic rings. The van der Waals surface area contributed by atoms with E-state index in [2.05, 4.69) is 6.92 Å². The largest absolute Gasteiger partial charge is 0.343 e. The predicted octanol–water partition coefficient (Wildman–Crippen LogP) is 2.73. The summed E-state index contributed by atoms with van der Waals surface area (Å²) in [5.41, 5.74) is 7.24. The fraction of sp³-hybridized carbons (Fsp3) is 0.562. The van der Waals surface area contributed by atoms with Gasteiger partial charge in [-0.1, -0.05) is 37.3 Å². The summed E-state index contributed by atoms with van der Waals surface area (Å²) < 4.78 is 0. The van der Waals surface area contributed by atoms with Crippen LogP contribution in [0.4, 0.5) is 0 Å². The number of rotatable bonds is 4. The van der Waals surface area contributed by atoms with Gasteiger partial charge in [0.2, 0.25) is 5.91 Å². The Morgan fingerprint density at radius 2 is 1.95 bits per heavy atom. The van der Waals surface area contributed by atoms with Crippen molar-refractivity contribution in [3.63, 3.8) is 0 Å². The zero-order valence-corrected chi connectivity index (χ0v) is 11.7. The second-order valence-corrected chi connectivity index (χ2v) is 5.62. The summed E-state index contributed by atoms with van der Waals surface area (Å²) in [6, 6.07) is 9.98. The van der Waals surface area contributed by atoms with Crippen LogP contribution in [0, 0.1) is 5.92 Å². The number of amides is 1. The molecule has 1 amide bonds. The van der Waals surface area contributed by atoms with Crippen molar-refractivity contribution in [1.82, 2.24) is 4.90 Å². The summed E-state index contributed by atoms with van der Waals surface area (Å²) in [6.45, 7) is 4.09. The summed E-state index contributed by atoms with van der Waals surface area (Å²) in [6.07, 6.45) is 3.56. The van der Waals surface area contributed by atoms with E-state index in [9.17, 15) is 4.79 Å². The highest BCUT2D eigenvalue weighted by molar-refractivity contribution is 5.76. The van der Waals surface area contributed by atoms with E-state index in [1.54, 1.807) is 0 Å². The van der Waals surface area contributed by atoms with Gasteiger partial charge in [0.1, 0.15) is 0 Å². The zero-order valence-electron chi connectivity index (χ0n) is 11.7. The molecule has 1 aliphatic heterocycles. The number of hydrogen-bond acceptors (Lipinski definition) is 2. The van der Waals surface area contributed by atoms with Crippen LogP contribution in [0.1, 0.15) is 44.2 Å². The van der Waals surface area contributed by atoms with Crippen LogP contribution in [-0.2, 0) is 4.79 Å². The van der Waals surface area contributed by atoms with Crippen LogP contribution < -0.4 is 5.73 Å². The zero-order chi connectivity index (χ0) is 13.7. The van der Waals surface area contributed by atoms with Crippen LogP contribution in [0.15, 0.2) is 30.3 Å². The Hall–Kier alpha value is -1.35. The Morgan fingerprint density at radius 1 is 1.32 bits per heavy atom. The Bertz CT molecular complexity index is 396. The summed E-state index contributed by atoms with van der Waals surface area (Å²) in [5.74, 6) is 1.02. The SMILES string of the molecule is CC1CCN(C(=O)CCC(N)c2ccccc2)CC1. The summed E-state index contributed by atoms with van der Waals surface area (Å²) in [7, 11) is 0. The molecule has 3 heteroatoms. The predicted molar refractivity (Wildman–Crippen MR) is 77.6 cm³/mol. The van der Waals surface area contributed by atoms with Gasteiger partial charge in [-0.05, 0) is 30.7 Å². The van der Waals surface area contributed by atoms with Crippen molar-refractivity contribution in [3.8, 4) is 0 Å². The van der Waals surface area contributed by atoms with E-state index in [0.717, 1.165) is 43.8 Å². The monoisotopic (exact) mass is 260 g/mol. The number of nitrogens with two attached hydrogens (primary N) is 1. The van der Waals surface area contributed by atoms with E-state index in [4.69, 9.17) is 5.73 Å². The molecule has 2 rings (SSSR count). The van der Waals surface area contributed by atoms with E-state index in [0.29, 0.717) is 6.42 Å². The summed E-state index contributed by atoms with van der Waals surface area (Å²) >= 11 is 0. The van der Waals surface area contributed by atoms with Gasteiger partial charge in [0.05, 0.1) is 0 Å². The first-order chi connectivity index (χ1) is 9.16. The highest BCUT2D eigenvalue weighted by Gasteiger charge is 2.20. The van der Waals surface area contributed by atoms with Gasteiger partial charge in [-0.2, -0.15) is 0 Å². The molecule has 1 fully saturated rings. The standard InChI is InChI=1S/C16H24N2O/c1-13-9-11-18(12-10-13)16(19)8-7-15(17)14-5-3-2-4-6-14/h2-6,13,15H,7-12,17H2,1H3. The van der Waals surface area contributed by atoms with Crippen molar-refractivity contribution >= 4 is 5.91 Å². The molecule has 2 N–H and O–H groups in total. The van der Waals surface area contributed by atoms with Gasteiger partial charge in [0.15, 0.2) is 0 Å². The van der Waals surface area contributed by atoms with Crippen molar-refractivity contribution in [2.45, 2.75) is 38.6 Å². The fourth-order valence-corrected chi connectivity index (χ4v) is 2.56. The van der Waals surface area contributed by atoms with E-state index < -0.39 is 0 Å². The molecule has 1 heterocycles. The lowest BCUT2D eigenvalue weighted by Crippen LogP contribution is -2.38. The van der Waals surface area contributed by atoms with Crippen molar-refractivity contribution in [2.24, 2.45) is 11.7 Å². The third kappa shape index (κ3) is 4.06. The topological polar surface area (TPSA) is 46.3 Å². The average molecular weight is 260 g/mol. The average Bonchev–Trinajstić information content (AvgIpc) is 2.46. The molecule has 19 heavy (non-hydrogen) atoms. The minimum Gasteiger partial charge on any atom is -0.343 e. The third-order valence-corrected chi connectivity index (χ3v) is 4.03. The molecular weight excluding hydrogens is 236 g/mol. The number of carbonyl (C=O) groups is 1. The van der Waals surface area contributed by atoms with Crippen molar-refractivity contribution in [2.75, 3.05) is 13.1 Å². The fourth-order valence-electron chi connectivity index (χ4n) is 2.56. The molecule has 0 bridgehead atoms. The maximum absolute atomic E-state index is 12.1. The van der Waals surface area contributed by atoms with Crippen LogP contribution in [0.3, 0.4) is 0 Å². The van der Waals surface area contributed by atoms with E-state index in [-0.39, 0.29) is 11.9 Å². The summed E-state index contributed by atoms with van der Waals surface area (Å²) in [5, 5.41) is 0. The Kier molecular flexibility index (Phi) is 4.97. The lowest BCUT2D eigenvalue weighted by Gasteiger charge is -2.30. The highest BCUT2D eigenvalue weighted by Crippen LogP contribution is 2.19. The van der Waals surface area contributed by atoms with Gasteiger partial charge >= 0.3 is 0 Å². The van der Waals surface area contributed by atoms with Crippen LogP contribution in [0.5, 0.6) is 0 Å². The van der Waals surface area contributed by atoms with Gasteiger partial charge < -0.3 is 10.6 Å². The van der Waals surface area contributed by atoms with Crippen LogP contribution in [0.2, 0.25) is 0 Å². The molecule has 1 aromatic rings. The lowest BCUT2D eigenvalue weighted by atomic mass is 9.98. The van der Waals surface area contributed by atoms with Crippen molar-refractivity contribution < 1.29 is 4.79 Å². The maximum Gasteiger partial charge on any atom is 0.222 e. The molecule has 0 spiro atoms. The minimum absolute atomic E-state index is 0.0335. The van der Waals surface area contributed by atoms with Crippen LogP contribution >= 0.6 is 0 Å². The molecule has 1 atom stereocenters. The number of hydrogen-bond donors (Lipinski definition) is 1. The highest BCUT2D eigenvalue weighted by atomic mass is 16.2. The number of piperidine rings is 1. The number of carbonyl (C=O) groups excluding carboxylic acids is 1. The Balaban J connectivity index is 1.77. The number of nitrogens with zero attached hydrogens (tertiary/aromatic N) is 1. The maximum atomic E-state index is 12.1. The van der Waals surface area contributed by atoms with Crippen LogP contribution in [0.25, 0.3) is 0 Å². The van der Waals surface area contributed by atoms with Gasteiger partial charge in [-0.3, -0.25) is 4.79 Å². The molecular formula is C16H24N2O. The second-order valence-electron chi connectivity index (χ2n) is 5.62. The van der Waals surface area contributed by atoms with Crippen molar-refractivity contribution in [1.29, 1.82) is 0 Å². The molecule has 3 nitrogen and oxygen atoms in total. The molecule has 1 saturated heterocycles. The van der Waals surface area contributed by atoms with Gasteiger partial charge in [-0.15, -0.1) is 0 Å². The van der Waals surface area contributed by atoms with Crippen LogP contribution in [-0.4, -0.2) is 23.9 Å². The molecule has 0 saturated carbocycles. The van der Waals surface area contributed by atoms with E-state index in [1.165, 1.54) is 0 Å². The normalized spacial score (nSPS) is 18.3. The number of benzene rings is 1. The molecule has 0 aromatic heterocycles. The van der Waals surface area contributed by atoms with Gasteiger partial charge in [0.25, 0.3) is 0 Å². The second kappa shape index (κ2) is 6.71.